The molecule has 13 heteroatoms. The second-order valence-corrected chi connectivity index (χ2v) is 11.4. The number of rotatable bonds is 12. The van der Waals surface area contributed by atoms with Crippen molar-refractivity contribution in [3.05, 3.63) is 53.6 Å². The van der Waals surface area contributed by atoms with Gasteiger partial charge >= 0.3 is 18.6 Å². The van der Waals surface area contributed by atoms with Crippen LogP contribution in [0, 0.1) is 29.4 Å². The Morgan fingerprint density at radius 2 is 1.23 bits per heavy atom. The number of benzene rings is 2. The van der Waals surface area contributed by atoms with Crippen LogP contribution in [0.25, 0.3) is 0 Å². The molecule has 0 aliphatic heterocycles. The molecule has 0 atom stereocenters. The van der Waals surface area contributed by atoms with Gasteiger partial charge in [-0.2, -0.15) is 17.6 Å². The molecule has 44 heavy (non-hydrogen) atoms. The van der Waals surface area contributed by atoms with E-state index in [2.05, 4.69) is 9.47 Å². The summed E-state index contributed by atoms with van der Waals surface area (Å²) in [5.41, 5.74) is 1.16. The van der Waals surface area contributed by atoms with Crippen molar-refractivity contribution < 1.29 is 58.5 Å². The van der Waals surface area contributed by atoms with E-state index in [0.29, 0.717) is 38.2 Å². The molecule has 0 bridgehead atoms. The molecule has 4 nitrogen and oxygen atoms in total. The van der Waals surface area contributed by atoms with E-state index >= 15 is 8.78 Å². The minimum absolute atomic E-state index is 0.113. The molecule has 0 radical (unpaired) electrons. The van der Waals surface area contributed by atoms with Crippen molar-refractivity contribution in [1.82, 2.24) is 0 Å². The van der Waals surface area contributed by atoms with Crippen LogP contribution in [0.4, 0.5) is 39.5 Å². The Bertz CT molecular complexity index is 1180. The average molecular weight is 643 g/mol. The van der Waals surface area contributed by atoms with Crippen molar-refractivity contribution in [3.63, 3.8) is 0 Å². The Labute approximate surface area is 249 Å². The van der Waals surface area contributed by atoms with Gasteiger partial charge in [-0.3, -0.25) is 0 Å². The normalized spacial score (nSPS) is 23.3. The van der Waals surface area contributed by atoms with Crippen molar-refractivity contribution in [1.29, 1.82) is 0 Å². The fraction of sp³-hybridized carbons (Fsp3) is 0.613. The maximum absolute atomic E-state index is 15.0. The number of halogens is 9. The van der Waals surface area contributed by atoms with Crippen LogP contribution in [0.5, 0.6) is 17.2 Å². The Kier molecular flexibility index (Phi) is 10.9. The Morgan fingerprint density at radius 3 is 1.77 bits per heavy atom. The second kappa shape index (κ2) is 14.1. The third-order valence-electron chi connectivity index (χ3n) is 8.31. The predicted octanol–water partition coefficient (Wildman–Crippen LogP) is 9.84. The number of ether oxygens (including phenoxy) is 4. The van der Waals surface area contributed by atoms with Crippen LogP contribution in [0.2, 0.25) is 0 Å². The molecule has 0 saturated heterocycles. The summed E-state index contributed by atoms with van der Waals surface area (Å²) in [5, 5.41) is 0. The van der Waals surface area contributed by atoms with Gasteiger partial charge in [-0.25, -0.2) is 8.78 Å². The SMILES string of the molecule is CCOc1ccc(CCC2CCC(C(F)(F)OC3CCC(C(F)(F)Oc4cc(F)c(OC(F)(F)F)c(F)c4)CC3)CC2)cc1. The lowest BCUT2D eigenvalue weighted by Gasteiger charge is -2.38. The molecule has 0 heterocycles. The molecule has 0 unspecified atom stereocenters. The third-order valence-corrected chi connectivity index (χ3v) is 8.31. The molecule has 0 N–H and O–H groups in total. The molecule has 2 aromatic carbocycles. The zero-order valence-corrected chi connectivity index (χ0v) is 24.1. The zero-order valence-electron chi connectivity index (χ0n) is 24.1. The first kappa shape index (κ1) is 34.1. The zero-order chi connectivity index (χ0) is 32.1. The van der Waals surface area contributed by atoms with Crippen LogP contribution >= 0.6 is 0 Å². The summed E-state index contributed by atoms with van der Waals surface area (Å²) in [5.74, 6) is -7.94. The Hall–Kier alpha value is -2.83. The lowest BCUT2D eigenvalue weighted by Crippen LogP contribution is -2.42. The summed E-state index contributed by atoms with van der Waals surface area (Å²) in [6.45, 7) is 2.50. The summed E-state index contributed by atoms with van der Waals surface area (Å²) < 4.78 is 143. The Balaban J connectivity index is 1.21. The highest BCUT2D eigenvalue weighted by atomic mass is 19.4. The summed E-state index contributed by atoms with van der Waals surface area (Å²) in [4.78, 5) is 0. The molecule has 246 valence electrons. The molecule has 0 spiro atoms. The van der Waals surface area contributed by atoms with E-state index in [1.165, 1.54) is 0 Å². The van der Waals surface area contributed by atoms with Crippen molar-refractivity contribution in [2.24, 2.45) is 17.8 Å². The smallest absolute Gasteiger partial charge is 0.494 e. The summed E-state index contributed by atoms with van der Waals surface area (Å²) >= 11 is 0. The molecule has 2 aliphatic carbocycles. The first-order valence-corrected chi connectivity index (χ1v) is 14.7. The van der Waals surface area contributed by atoms with Crippen LogP contribution < -0.4 is 14.2 Å². The van der Waals surface area contributed by atoms with Gasteiger partial charge in [0, 0.05) is 12.1 Å². The van der Waals surface area contributed by atoms with E-state index in [-0.39, 0.29) is 37.8 Å². The van der Waals surface area contributed by atoms with Crippen LogP contribution in [-0.4, -0.2) is 31.3 Å². The third kappa shape index (κ3) is 9.34. The minimum Gasteiger partial charge on any atom is -0.494 e. The molecule has 2 saturated carbocycles. The average Bonchev–Trinajstić information content (AvgIpc) is 2.94. The van der Waals surface area contributed by atoms with Gasteiger partial charge in [0.15, 0.2) is 11.6 Å². The standard InChI is InChI=1S/C31H35F9O4/c1-2-41-23-13-7-20(8-14-23)4-3-19-5-9-21(10-6-19)29(34,35)42-24-15-11-22(12-16-24)30(36,37)43-25-17-26(32)28(27(33)18-25)44-31(38,39)40/h7-8,13-14,17-19,21-22,24H,2-6,9-12,15-16H2,1H3. The maximum atomic E-state index is 15.0. The van der Waals surface area contributed by atoms with Gasteiger partial charge in [0.05, 0.1) is 24.5 Å². The molecule has 2 fully saturated rings. The van der Waals surface area contributed by atoms with Crippen molar-refractivity contribution >= 4 is 0 Å². The van der Waals surface area contributed by atoms with E-state index in [9.17, 15) is 30.7 Å². The van der Waals surface area contributed by atoms with E-state index in [1.54, 1.807) is 0 Å². The van der Waals surface area contributed by atoms with Gasteiger partial charge < -0.3 is 18.9 Å². The van der Waals surface area contributed by atoms with Gasteiger partial charge in [0.2, 0.25) is 5.75 Å². The van der Waals surface area contributed by atoms with E-state index in [1.807, 2.05) is 31.2 Å². The molecular formula is C31H35F9O4. The largest absolute Gasteiger partial charge is 0.573 e. The molecule has 4 rings (SSSR count). The highest BCUT2D eigenvalue weighted by Gasteiger charge is 2.48. The van der Waals surface area contributed by atoms with E-state index in [0.717, 1.165) is 24.2 Å². The fourth-order valence-corrected chi connectivity index (χ4v) is 5.96. The maximum Gasteiger partial charge on any atom is 0.573 e. The van der Waals surface area contributed by atoms with Gasteiger partial charge in [0.1, 0.15) is 11.5 Å². The summed E-state index contributed by atoms with van der Waals surface area (Å²) in [6.07, 6.45) is -10.9. The van der Waals surface area contributed by atoms with Gasteiger partial charge in [-0.15, -0.1) is 13.2 Å². The minimum atomic E-state index is -5.40. The molecule has 0 aromatic heterocycles. The van der Waals surface area contributed by atoms with Crippen molar-refractivity contribution in [2.75, 3.05) is 6.61 Å². The number of aryl methyl sites for hydroxylation is 1. The monoisotopic (exact) mass is 642 g/mol. The highest BCUT2D eigenvalue weighted by molar-refractivity contribution is 5.35. The summed E-state index contributed by atoms with van der Waals surface area (Å²) in [6, 6.07) is 8.14. The Morgan fingerprint density at radius 1 is 0.682 bits per heavy atom. The number of alkyl halides is 7. The topological polar surface area (TPSA) is 36.9 Å². The first-order chi connectivity index (χ1) is 20.6. The van der Waals surface area contributed by atoms with Crippen molar-refractivity contribution in [3.8, 4) is 17.2 Å². The van der Waals surface area contributed by atoms with Gasteiger partial charge in [-0.05, 0) is 94.7 Å². The first-order valence-electron chi connectivity index (χ1n) is 14.7. The quantitative estimate of drug-likeness (QED) is 0.216. The molecule has 2 aliphatic rings. The molecular weight excluding hydrogens is 607 g/mol. The second-order valence-electron chi connectivity index (χ2n) is 11.4. The number of hydrogen-bond donors (Lipinski definition) is 0. The lowest BCUT2D eigenvalue weighted by molar-refractivity contribution is -0.306. The summed E-state index contributed by atoms with van der Waals surface area (Å²) in [7, 11) is 0. The van der Waals surface area contributed by atoms with Crippen LogP contribution in [0.3, 0.4) is 0 Å². The van der Waals surface area contributed by atoms with E-state index in [4.69, 9.17) is 9.47 Å². The van der Waals surface area contributed by atoms with Crippen LogP contribution in [0.1, 0.15) is 70.3 Å². The lowest BCUT2D eigenvalue weighted by atomic mass is 9.79. The van der Waals surface area contributed by atoms with E-state index < -0.39 is 59.7 Å². The van der Waals surface area contributed by atoms with Gasteiger partial charge in [-0.1, -0.05) is 12.1 Å². The predicted molar refractivity (Wildman–Crippen MR) is 142 cm³/mol. The van der Waals surface area contributed by atoms with Gasteiger partial charge in [0.25, 0.3) is 0 Å². The van der Waals surface area contributed by atoms with Crippen molar-refractivity contribution in [2.45, 2.75) is 95.8 Å². The van der Waals surface area contributed by atoms with Crippen LogP contribution in [0.15, 0.2) is 36.4 Å². The van der Waals surface area contributed by atoms with Crippen LogP contribution in [-0.2, 0) is 11.2 Å². The highest BCUT2D eigenvalue weighted by Crippen LogP contribution is 2.45. The molecule has 2 aromatic rings. The fourth-order valence-electron chi connectivity index (χ4n) is 5.96. The number of hydrogen-bond acceptors (Lipinski definition) is 4. The molecule has 0 amide bonds.